The highest BCUT2D eigenvalue weighted by Crippen LogP contribution is 2.40. The number of aliphatic hydroxyl groups is 1. The molecular weight excluding hydrogens is 344 g/mol. The standard InChI is InChI=1S/C26H38O2/c1-9-26(10-2,21-13-11-12-18(3)16-21)22-14-15-23(19(4)17-22)28-20(5)24(27)25(6,7)8/h11-17,20,24,27H,9-10H2,1-8H3. The third kappa shape index (κ3) is 4.60. The molecule has 2 aromatic carbocycles. The van der Waals surface area contributed by atoms with Crippen LogP contribution in [0.2, 0.25) is 0 Å². The molecule has 1 N–H and O–H groups in total. The first-order valence-corrected chi connectivity index (χ1v) is 10.6. The number of hydrogen-bond acceptors (Lipinski definition) is 2. The van der Waals surface area contributed by atoms with E-state index in [0.717, 1.165) is 24.2 Å². The summed E-state index contributed by atoms with van der Waals surface area (Å²) < 4.78 is 6.14. The number of aliphatic hydroxyl groups excluding tert-OH is 1. The molecule has 2 aromatic rings. The van der Waals surface area contributed by atoms with Crippen molar-refractivity contribution in [1.29, 1.82) is 0 Å². The van der Waals surface area contributed by atoms with Gasteiger partial charge in [0, 0.05) is 5.41 Å². The van der Waals surface area contributed by atoms with Gasteiger partial charge in [0.05, 0.1) is 6.10 Å². The molecule has 0 bridgehead atoms. The largest absolute Gasteiger partial charge is 0.488 e. The van der Waals surface area contributed by atoms with E-state index in [1.54, 1.807) is 0 Å². The third-order valence-corrected chi connectivity index (χ3v) is 6.15. The predicted molar refractivity (Wildman–Crippen MR) is 119 cm³/mol. The lowest BCUT2D eigenvalue weighted by molar-refractivity contribution is -0.0234. The highest BCUT2D eigenvalue weighted by Gasteiger charge is 2.32. The summed E-state index contributed by atoms with van der Waals surface area (Å²) in [6, 6.07) is 15.4. The number of benzene rings is 2. The Morgan fingerprint density at radius 2 is 1.54 bits per heavy atom. The van der Waals surface area contributed by atoms with E-state index in [1.807, 2.05) is 27.7 Å². The van der Waals surface area contributed by atoms with E-state index in [1.165, 1.54) is 16.7 Å². The van der Waals surface area contributed by atoms with Crippen molar-refractivity contribution in [1.82, 2.24) is 0 Å². The fourth-order valence-electron chi connectivity index (χ4n) is 4.22. The van der Waals surface area contributed by atoms with Crippen LogP contribution in [-0.2, 0) is 5.41 Å². The SMILES string of the molecule is CCC(CC)(c1cccc(C)c1)c1ccc(OC(C)C(O)C(C)(C)C)c(C)c1. The number of ether oxygens (including phenoxy) is 1. The van der Waals surface area contributed by atoms with Crippen molar-refractivity contribution in [3.05, 3.63) is 64.7 Å². The zero-order valence-corrected chi connectivity index (χ0v) is 19.0. The first-order valence-electron chi connectivity index (χ1n) is 10.6. The van der Waals surface area contributed by atoms with Crippen LogP contribution in [0.3, 0.4) is 0 Å². The summed E-state index contributed by atoms with van der Waals surface area (Å²) in [6.07, 6.45) is 1.31. The van der Waals surface area contributed by atoms with Crippen LogP contribution in [0.15, 0.2) is 42.5 Å². The molecule has 0 saturated carbocycles. The van der Waals surface area contributed by atoms with Gasteiger partial charge in [0.1, 0.15) is 11.9 Å². The summed E-state index contributed by atoms with van der Waals surface area (Å²) in [5, 5.41) is 10.5. The highest BCUT2D eigenvalue weighted by atomic mass is 16.5. The molecule has 0 aromatic heterocycles. The Bertz CT molecular complexity index is 781. The molecule has 2 nitrogen and oxygen atoms in total. The average Bonchev–Trinajstić information content (AvgIpc) is 2.64. The minimum atomic E-state index is -0.524. The van der Waals surface area contributed by atoms with Gasteiger partial charge in [0.25, 0.3) is 0 Å². The lowest BCUT2D eigenvalue weighted by atomic mass is 9.70. The Hall–Kier alpha value is -1.80. The van der Waals surface area contributed by atoms with Gasteiger partial charge in [0.2, 0.25) is 0 Å². The molecule has 0 saturated heterocycles. The molecular formula is C26H38O2. The molecule has 0 amide bonds. The summed E-state index contributed by atoms with van der Waals surface area (Å²) in [7, 11) is 0. The second-order valence-electron chi connectivity index (χ2n) is 9.27. The van der Waals surface area contributed by atoms with Crippen LogP contribution in [0.1, 0.15) is 76.6 Å². The average molecular weight is 383 g/mol. The van der Waals surface area contributed by atoms with Crippen LogP contribution in [0.5, 0.6) is 5.75 Å². The summed E-state index contributed by atoms with van der Waals surface area (Å²) in [5.74, 6) is 0.852. The Balaban J connectivity index is 2.38. The monoisotopic (exact) mass is 382 g/mol. The molecule has 0 spiro atoms. The smallest absolute Gasteiger partial charge is 0.122 e. The molecule has 0 aliphatic carbocycles. The van der Waals surface area contributed by atoms with Crippen LogP contribution in [0.25, 0.3) is 0 Å². The van der Waals surface area contributed by atoms with Gasteiger partial charge >= 0.3 is 0 Å². The van der Waals surface area contributed by atoms with Gasteiger partial charge in [-0.1, -0.05) is 76.6 Å². The van der Waals surface area contributed by atoms with Gasteiger partial charge in [0.15, 0.2) is 0 Å². The second kappa shape index (κ2) is 8.69. The molecule has 0 fully saturated rings. The van der Waals surface area contributed by atoms with E-state index in [9.17, 15) is 5.11 Å². The van der Waals surface area contributed by atoms with Crippen molar-refractivity contribution >= 4 is 0 Å². The summed E-state index contributed by atoms with van der Waals surface area (Å²) in [5.41, 5.74) is 4.91. The van der Waals surface area contributed by atoms with E-state index in [4.69, 9.17) is 4.74 Å². The Morgan fingerprint density at radius 3 is 2.04 bits per heavy atom. The maximum absolute atomic E-state index is 10.5. The summed E-state index contributed by atoms with van der Waals surface area (Å²) in [6.45, 7) is 16.8. The van der Waals surface area contributed by atoms with Crippen LogP contribution in [-0.4, -0.2) is 17.3 Å². The lowest BCUT2D eigenvalue weighted by Crippen LogP contribution is -2.39. The van der Waals surface area contributed by atoms with E-state index in [0.29, 0.717) is 0 Å². The Morgan fingerprint density at radius 1 is 0.929 bits per heavy atom. The molecule has 2 heteroatoms. The summed E-state index contributed by atoms with van der Waals surface area (Å²) in [4.78, 5) is 0. The Kier molecular flexibility index (Phi) is 6.98. The zero-order valence-electron chi connectivity index (χ0n) is 19.0. The fourth-order valence-corrected chi connectivity index (χ4v) is 4.22. The van der Waals surface area contributed by atoms with Crippen LogP contribution in [0, 0.1) is 19.3 Å². The van der Waals surface area contributed by atoms with Gasteiger partial charge in [-0.25, -0.2) is 0 Å². The molecule has 2 rings (SSSR count). The van der Waals surface area contributed by atoms with Gasteiger partial charge < -0.3 is 9.84 Å². The molecule has 28 heavy (non-hydrogen) atoms. The second-order valence-corrected chi connectivity index (χ2v) is 9.27. The van der Waals surface area contributed by atoms with Crippen molar-refractivity contribution in [3.63, 3.8) is 0 Å². The van der Waals surface area contributed by atoms with Crippen molar-refractivity contribution in [2.24, 2.45) is 5.41 Å². The molecule has 0 aliphatic rings. The van der Waals surface area contributed by atoms with Gasteiger partial charge in [-0.15, -0.1) is 0 Å². The molecule has 0 aliphatic heterocycles. The minimum absolute atomic E-state index is 0.00580. The molecule has 0 radical (unpaired) electrons. The third-order valence-electron chi connectivity index (χ3n) is 6.15. The quantitative estimate of drug-likeness (QED) is 0.586. The first kappa shape index (κ1) is 22.5. The van der Waals surface area contributed by atoms with Crippen LogP contribution < -0.4 is 4.74 Å². The van der Waals surface area contributed by atoms with Crippen molar-refractivity contribution in [2.75, 3.05) is 0 Å². The van der Waals surface area contributed by atoms with Crippen molar-refractivity contribution in [3.8, 4) is 5.75 Å². The van der Waals surface area contributed by atoms with E-state index < -0.39 is 6.10 Å². The number of rotatable bonds is 7. The molecule has 0 heterocycles. The molecule has 154 valence electrons. The first-order chi connectivity index (χ1) is 13.0. The minimum Gasteiger partial charge on any atom is -0.488 e. The topological polar surface area (TPSA) is 29.5 Å². The number of aryl methyl sites for hydroxylation is 2. The van der Waals surface area contributed by atoms with Crippen LogP contribution >= 0.6 is 0 Å². The van der Waals surface area contributed by atoms with Gasteiger partial charge in [-0.2, -0.15) is 0 Å². The molecule has 2 unspecified atom stereocenters. The maximum Gasteiger partial charge on any atom is 0.122 e. The fraction of sp³-hybridized carbons (Fsp3) is 0.538. The maximum atomic E-state index is 10.5. The predicted octanol–water partition coefficient (Wildman–Crippen LogP) is 6.58. The highest BCUT2D eigenvalue weighted by molar-refractivity contribution is 5.45. The van der Waals surface area contributed by atoms with Crippen molar-refractivity contribution < 1.29 is 9.84 Å². The Labute approximate surface area is 172 Å². The van der Waals surface area contributed by atoms with E-state index in [2.05, 4.69) is 70.2 Å². The zero-order chi connectivity index (χ0) is 21.1. The van der Waals surface area contributed by atoms with Crippen molar-refractivity contribution in [2.45, 2.75) is 85.9 Å². The normalized spacial score (nSPS) is 14.6. The van der Waals surface area contributed by atoms with Gasteiger partial charge in [-0.05, 0) is 61.8 Å². The van der Waals surface area contributed by atoms with E-state index in [-0.39, 0.29) is 16.9 Å². The molecule has 2 atom stereocenters. The van der Waals surface area contributed by atoms with E-state index >= 15 is 0 Å². The van der Waals surface area contributed by atoms with Gasteiger partial charge in [-0.3, -0.25) is 0 Å². The number of hydrogen-bond donors (Lipinski definition) is 1. The van der Waals surface area contributed by atoms with Crippen LogP contribution in [0.4, 0.5) is 0 Å². The lowest BCUT2D eigenvalue weighted by Gasteiger charge is -2.35. The summed E-state index contributed by atoms with van der Waals surface area (Å²) >= 11 is 0.